The summed E-state index contributed by atoms with van der Waals surface area (Å²) >= 11 is 0. The summed E-state index contributed by atoms with van der Waals surface area (Å²) in [5.74, 6) is 0. The lowest BCUT2D eigenvalue weighted by Crippen LogP contribution is -2.29. The van der Waals surface area contributed by atoms with Crippen molar-refractivity contribution in [1.82, 2.24) is 0 Å². The summed E-state index contributed by atoms with van der Waals surface area (Å²) in [6, 6.07) is 0. The van der Waals surface area contributed by atoms with Crippen LogP contribution in [0.5, 0.6) is 0 Å². The number of unbranched alkanes of at least 4 members (excludes halogenated alkanes) is 2. The molecule has 8 heteroatoms. The molecule has 0 aromatic carbocycles. The average molecular weight is 479 g/mol. The zero-order valence-electron chi connectivity index (χ0n) is 20.4. The molecule has 0 fully saturated rings. The van der Waals surface area contributed by atoms with Crippen molar-refractivity contribution in [1.29, 1.82) is 0 Å². The predicted molar refractivity (Wildman–Crippen MR) is 129 cm³/mol. The van der Waals surface area contributed by atoms with Crippen LogP contribution in [0.4, 0.5) is 0 Å². The van der Waals surface area contributed by atoms with E-state index in [-0.39, 0.29) is 44.6 Å². The minimum Gasteiger partial charge on any atom is -0.393 e. The van der Waals surface area contributed by atoms with Crippen LogP contribution in [0.2, 0.25) is 0 Å². The Kier molecular flexibility index (Phi) is 19.4. The van der Waals surface area contributed by atoms with Crippen LogP contribution in [0.25, 0.3) is 0 Å². The molecule has 8 unspecified atom stereocenters. The maximum Gasteiger partial charge on any atom is 0.0599 e. The fraction of sp³-hybridized carbons (Fsp3) is 0.920. The van der Waals surface area contributed by atoms with Crippen LogP contribution < -0.4 is 0 Å². The van der Waals surface area contributed by atoms with Gasteiger partial charge in [-0.25, -0.2) is 0 Å². The van der Waals surface area contributed by atoms with Crippen LogP contribution in [0.3, 0.4) is 0 Å². The Morgan fingerprint density at radius 1 is 0.485 bits per heavy atom. The third-order valence-electron chi connectivity index (χ3n) is 5.90. The molecule has 0 saturated heterocycles. The monoisotopic (exact) mass is 478 g/mol. The highest BCUT2D eigenvalue weighted by Crippen LogP contribution is 2.18. The van der Waals surface area contributed by atoms with Crippen molar-refractivity contribution < 1.29 is 40.9 Å². The van der Waals surface area contributed by atoms with Gasteiger partial charge >= 0.3 is 0 Å². The van der Waals surface area contributed by atoms with Gasteiger partial charge in [-0.1, -0.05) is 38.7 Å². The zero-order valence-corrected chi connectivity index (χ0v) is 20.4. The highest BCUT2D eigenvalue weighted by molar-refractivity contribution is 4.77. The van der Waals surface area contributed by atoms with Crippen molar-refractivity contribution in [3.8, 4) is 0 Å². The van der Waals surface area contributed by atoms with Gasteiger partial charge in [0, 0.05) is 0 Å². The number of aliphatic hydroxyl groups excluding tert-OH is 8. The standard InChI is InChI=1S/C25H50O8/c1-3-8-18(26)10-6-5-7-11-20(28)13-22(30)15-24(32)17-25(33)16-23(31)14-21(29)12-19(27)9-4-2/h4,18-33H,2-3,5-17H2,1H3. The van der Waals surface area contributed by atoms with Gasteiger partial charge in [-0.2, -0.15) is 0 Å². The molecule has 33 heavy (non-hydrogen) atoms. The summed E-state index contributed by atoms with van der Waals surface area (Å²) in [5.41, 5.74) is 0. The van der Waals surface area contributed by atoms with Gasteiger partial charge in [-0.15, -0.1) is 6.58 Å². The predicted octanol–water partition coefficient (Wildman–Crippen LogP) is 1.54. The first-order valence-electron chi connectivity index (χ1n) is 12.6. The Balaban J connectivity index is 4.00. The van der Waals surface area contributed by atoms with Crippen LogP contribution in [-0.4, -0.2) is 89.7 Å². The fourth-order valence-electron chi connectivity index (χ4n) is 4.19. The van der Waals surface area contributed by atoms with Gasteiger partial charge in [-0.05, 0) is 64.2 Å². The quantitative estimate of drug-likeness (QED) is 0.0858. The third-order valence-corrected chi connectivity index (χ3v) is 5.90. The molecule has 0 rings (SSSR count). The van der Waals surface area contributed by atoms with E-state index in [0.717, 1.165) is 38.5 Å². The van der Waals surface area contributed by atoms with Crippen LogP contribution in [0.1, 0.15) is 96.8 Å². The summed E-state index contributed by atoms with van der Waals surface area (Å²) in [6.45, 7) is 5.55. The number of aliphatic hydroxyl groups is 8. The van der Waals surface area contributed by atoms with E-state index in [4.69, 9.17) is 0 Å². The molecule has 0 heterocycles. The third kappa shape index (κ3) is 19.4. The van der Waals surface area contributed by atoms with Crippen molar-refractivity contribution in [3.05, 3.63) is 12.7 Å². The van der Waals surface area contributed by atoms with Gasteiger partial charge in [0.2, 0.25) is 0 Å². The summed E-state index contributed by atoms with van der Waals surface area (Å²) in [6.07, 6.45) is 1.44. The second kappa shape index (κ2) is 19.7. The molecular weight excluding hydrogens is 428 g/mol. The molecule has 0 radical (unpaired) electrons. The minimum atomic E-state index is -1.000. The summed E-state index contributed by atoms with van der Waals surface area (Å²) in [5, 5.41) is 79.7. The Hall–Kier alpha value is -0.580. The van der Waals surface area contributed by atoms with E-state index in [1.54, 1.807) is 6.08 Å². The maximum absolute atomic E-state index is 10.1. The molecule has 8 atom stereocenters. The van der Waals surface area contributed by atoms with Gasteiger partial charge in [0.1, 0.15) is 0 Å². The molecule has 8 nitrogen and oxygen atoms in total. The fourth-order valence-corrected chi connectivity index (χ4v) is 4.19. The van der Waals surface area contributed by atoms with Gasteiger partial charge in [0.25, 0.3) is 0 Å². The lowest BCUT2D eigenvalue weighted by Gasteiger charge is -2.23. The smallest absolute Gasteiger partial charge is 0.0599 e. The van der Waals surface area contributed by atoms with Crippen molar-refractivity contribution in [2.45, 2.75) is 146 Å². The molecule has 0 aliphatic heterocycles. The van der Waals surface area contributed by atoms with Crippen molar-refractivity contribution in [2.24, 2.45) is 0 Å². The van der Waals surface area contributed by atoms with E-state index < -0.39 is 42.7 Å². The molecule has 0 amide bonds. The Bertz CT molecular complexity index is 464. The average Bonchev–Trinajstić information content (AvgIpc) is 2.66. The van der Waals surface area contributed by atoms with E-state index in [1.807, 2.05) is 6.92 Å². The molecule has 0 aliphatic rings. The molecule has 0 saturated carbocycles. The second-order valence-electron chi connectivity index (χ2n) is 9.60. The first-order valence-corrected chi connectivity index (χ1v) is 12.6. The van der Waals surface area contributed by atoms with Crippen LogP contribution in [-0.2, 0) is 0 Å². The van der Waals surface area contributed by atoms with Gasteiger partial charge in [0.05, 0.1) is 48.8 Å². The molecule has 8 N–H and O–H groups in total. The summed E-state index contributed by atoms with van der Waals surface area (Å²) in [4.78, 5) is 0. The summed E-state index contributed by atoms with van der Waals surface area (Å²) in [7, 11) is 0. The maximum atomic E-state index is 10.1. The number of hydrogen-bond donors (Lipinski definition) is 8. The zero-order chi connectivity index (χ0) is 25.2. The Morgan fingerprint density at radius 3 is 1.24 bits per heavy atom. The molecule has 0 spiro atoms. The van der Waals surface area contributed by atoms with Crippen molar-refractivity contribution in [3.63, 3.8) is 0 Å². The van der Waals surface area contributed by atoms with Crippen molar-refractivity contribution >= 4 is 0 Å². The lowest BCUT2D eigenvalue weighted by molar-refractivity contribution is -0.00579. The molecule has 0 aromatic rings. The van der Waals surface area contributed by atoms with Crippen molar-refractivity contribution in [2.75, 3.05) is 0 Å². The van der Waals surface area contributed by atoms with Crippen LogP contribution >= 0.6 is 0 Å². The van der Waals surface area contributed by atoms with E-state index >= 15 is 0 Å². The summed E-state index contributed by atoms with van der Waals surface area (Å²) < 4.78 is 0. The van der Waals surface area contributed by atoms with Crippen LogP contribution in [0.15, 0.2) is 12.7 Å². The molecule has 0 aromatic heterocycles. The largest absolute Gasteiger partial charge is 0.393 e. The second-order valence-corrected chi connectivity index (χ2v) is 9.60. The van der Waals surface area contributed by atoms with Crippen LogP contribution in [0, 0.1) is 0 Å². The number of rotatable bonds is 22. The van der Waals surface area contributed by atoms with E-state index in [9.17, 15) is 40.9 Å². The van der Waals surface area contributed by atoms with E-state index in [0.29, 0.717) is 12.8 Å². The Morgan fingerprint density at radius 2 is 0.848 bits per heavy atom. The normalized spacial score (nSPS) is 19.3. The highest BCUT2D eigenvalue weighted by atomic mass is 16.3. The molecule has 0 aliphatic carbocycles. The van der Waals surface area contributed by atoms with Gasteiger partial charge < -0.3 is 40.9 Å². The first kappa shape index (κ1) is 32.4. The minimum absolute atomic E-state index is 0.00768. The van der Waals surface area contributed by atoms with E-state index in [2.05, 4.69) is 6.58 Å². The Labute approximate surface area is 199 Å². The topological polar surface area (TPSA) is 162 Å². The first-order chi connectivity index (χ1) is 15.6. The molecule has 198 valence electrons. The lowest BCUT2D eigenvalue weighted by atomic mass is 9.95. The highest BCUT2D eigenvalue weighted by Gasteiger charge is 2.22. The number of hydrogen-bond acceptors (Lipinski definition) is 8. The molecule has 0 bridgehead atoms. The van der Waals surface area contributed by atoms with Gasteiger partial charge in [0.15, 0.2) is 0 Å². The SMILES string of the molecule is C=CCC(O)CC(O)CC(O)CC(O)CC(O)CC(O)CC(O)CCCCCC(O)CCC. The van der Waals surface area contributed by atoms with Gasteiger partial charge in [-0.3, -0.25) is 0 Å². The van der Waals surface area contributed by atoms with E-state index in [1.165, 1.54) is 0 Å². The molecular formula is C25H50O8.